The number of aryl methyl sites for hydroxylation is 2. The van der Waals surface area contributed by atoms with Gasteiger partial charge in [-0.2, -0.15) is 5.10 Å². The Morgan fingerprint density at radius 2 is 1.80 bits per heavy atom. The quantitative estimate of drug-likeness (QED) is 0.359. The number of hydrazone groups is 1. The summed E-state index contributed by atoms with van der Waals surface area (Å²) in [6.45, 7) is 6.16. The monoisotopic (exact) mass is 404 g/mol. The van der Waals surface area contributed by atoms with Crippen molar-refractivity contribution >= 4 is 18.1 Å². The highest BCUT2D eigenvalue weighted by atomic mass is 16.5. The molecule has 0 aliphatic carbocycles. The first-order chi connectivity index (χ1) is 14.5. The van der Waals surface area contributed by atoms with Gasteiger partial charge in [-0.1, -0.05) is 30.3 Å². The molecule has 2 aromatic carbocycles. The molecule has 6 nitrogen and oxygen atoms in total. The fraction of sp³-hybridized carbons (Fsp3) is 0.208. The number of hydrogen-bond donors (Lipinski definition) is 1. The summed E-state index contributed by atoms with van der Waals surface area (Å²) in [6.07, 6.45) is 1.71. The smallest absolute Gasteiger partial charge is 0.338 e. The fourth-order valence-electron chi connectivity index (χ4n) is 2.87. The SMILES string of the molecule is CCOC(=O)c1ccc(-c2ccc(/C=N\NC(=O)Cc3ccc(C)c(C)c3)o2)cc1. The molecule has 0 fully saturated rings. The Hall–Kier alpha value is -3.67. The van der Waals surface area contributed by atoms with Crippen LogP contribution in [0, 0.1) is 13.8 Å². The van der Waals surface area contributed by atoms with Crippen molar-refractivity contribution in [3.05, 3.63) is 82.6 Å². The number of nitrogens with zero attached hydrogens (tertiary/aromatic N) is 1. The minimum Gasteiger partial charge on any atom is -0.462 e. The van der Waals surface area contributed by atoms with Gasteiger partial charge in [0.2, 0.25) is 5.91 Å². The van der Waals surface area contributed by atoms with E-state index in [9.17, 15) is 9.59 Å². The number of carbonyl (C=O) groups is 2. The number of esters is 1. The van der Waals surface area contributed by atoms with Crippen molar-refractivity contribution in [3.8, 4) is 11.3 Å². The van der Waals surface area contributed by atoms with Crippen LogP contribution >= 0.6 is 0 Å². The molecule has 6 heteroatoms. The van der Waals surface area contributed by atoms with Gasteiger partial charge < -0.3 is 9.15 Å². The van der Waals surface area contributed by atoms with Crippen LogP contribution < -0.4 is 5.43 Å². The second-order valence-electron chi connectivity index (χ2n) is 6.89. The summed E-state index contributed by atoms with van der Waals surface area (Å²) in [6, 6.07) is 16.5. The first-order valence-electron chi connectivity index (χ1n) is 9.71. The van der Waals surface area contributed by atoms with Crippen molar-refractivity contribution in [2.45, 2.75) is 27.2 Å². The minimum atomic E-state index is -0.354. The topological polar surface area (TPSA) is 80.9 Å². The highest BCUT2D eigenvalue weighted by Crippen LogP contribution is 2.22. The molecule has 0 spiro atoms. The van der Waals surface area contributed by atoms with Crippen molar-refractivity contribution in [2.75, 3.05) is 6.61 Å². The van der Waals surface area contributed by atoms with E-state index in [1.165, 1.54) is 11.8 Å². The second kappa shape index (κ2) is 9.69. The molecule has 1 amide bonds. The molecule has 3 rings (SSSR count). The summed E-state index contributed by atoms with van der Waals surface area (Å²) in [4.78, 5) is 23.8. The zero-order valence-corrected chi connectivity index (χ0v) is 17.3. The molecule has 0 atom stereocenters. The number of nitrogens with one attached hydrogen (secondary N) is 1. The maximum absolute atomic E-state index is 12.1. The number of rotatable bonds is 7. The van der Waals surface area contributed by atoms with E-state index >= 15 is 0 Å². The first kappa shape index (κ1) is 21.0. The van der Waals surface area contributed by atoms with Gasteiger partial charge in [0.25, 0.3) is 0 Å². The zero-order chi connectivity index (χ0) is 21.5. The lowest BCUT2D eigenvalue weighted by molar-refractivity contribution is -0.120. The molecule has 1 N–H and O–H groups in total. The molecule has 1 heterocycles. The number of hydrogen-bond acceptors (Lipinski definition) is 5. The first-order valence-corrected chi connectivity index (χ1v) is 9.71. The van der Waals surface area contributed by atoms with E-state index in [2.05, 4.69) is 10.5 Å². The van der Waals surface area contributed by atoms with Crippen LogP contribution in [0.5, 0.6) is 0 Å². The van der Waals surface area contributed by atoms with E-state index in [-0.39, 0.29) is 18.3 Å². The minimum absolute atomic E-state index is 0.198. The van der Waals surface area contributed by atoms with Crippen molar-refractivity contribution in [1.29, 1.82) is 0 Å². The summed E-state index contributed by atoms with van der Waals surface area (Å²) in [5.41, 5.74) is 7.11. The van der Waals surface area contributed by atoms with Gasteiger partial charge in [0.15, 0.2) is 0 Å². The molecule has 1 aromatic heterocycles. The van der Waals surface area contributed by atoms with Gasteiger partial charge in [0.1, 0.15) is 11.5 Å². The third kappa shape index (κ3) is 5.44. The standard InChI is InChI=1S/C24H24N2O4/c1-4-29-24(28)20-9-7-19(8-10-20)22-12-11-21(30-22)15-25-26-23(27)14-18-6-5-16(2)17(3)13-18/h5-13,15H,4,14H2,1-3H3,(H,26,27)/b25-15-. The molecule has 3 aromatic rings. The Bertz CT molecular complexity index is 1070. The summed E-state index contributed by atoms with van der Waals surface area (Å²) in [7, 11) is 0. The van der Waals surface area contributed by atoms with E-state index in [1.807, 2.05) is 32.0 Å². The molecule has 0 bridgehead atoms. The van der Waals surface area contributed by atoms with E-state index in [1.54, 1.807) is 43.3 Å². The summed E-state index contributed by atoms with van der Waals surface area (Å²) < 4.78 is 10.7. The highest BCUT2D eigenvalue weighted by Gasteiger charge is 2.09. The summed E-state index contributed by atoms with van der Waals surface area (Å²) in [5, 5.41) is 3.96. The lowest BCUT2D eigenvalue weighted by atomic mass is 10.0. The number of carbonyl (C=O) groups excluding carboxylic acids is 2. The molecule has 0 saturated heterocycles. The highest BCUT2D eigenvalue weighted by molar-refractivity contribution is 5.90. The molecule has 154 valence electrons. The third-order valence-corrected chi connectivity index (χ3v) is 4.62. The Kier molecular flexibility index (Phi) is 6.80. The van der Waals surface area contributed by atoms with Crippen LogP contribution in [0.25, 0.3) is 11.3 Å². The fourth-order valence-corrected chi connectivity index (χ4v) is 2.87. The molecule has 0 unspecified atom stereocenters. The predicted molar refractivity (Wildman–Crippen MR) is 115 cm³/mol. The maximum atomic E-state index is 12.1. The van der Waals surface area contributed by atoms with Crippen molar-refractivity contribution in [3.63, 3.8) is 0 Å². The van der Waals surface area contributed by atoms with Crippen molar-refractivity contribution in [2.24, 2.45) is 5.10 Å². The second-order valence-corrected chi connectivity index (χ2v) is 6.89. The summed E-state index contributed by atoms with van der Waals surface area (Å²) >= 11 is 0. The lowest BCUT2D eigenvalue weighted by Crippen LogP contribution is -2.19. The van der Waals surface area contributed by atoms with Gasteiger partial charge in [-0.15, -0.1) is 0 Å². The van der Waals surface area contributed by atoms with Crippen LogP contribution in [-0.4, -0.2) is 24.7 Å². The zero-order valence-electron chi connectivity index (χ0n) is 17.3. The van der Waals surface area contributed by atoms with E-state index in [4.69, 9.17) is 9.15 Å². The average Bonchev–Trinajstić information content (AvgIpc) is 3.20. The van der Waals surface area contributed by atoms with Gasteiger partial charge in [0, 0.05) is 5.56 Å². The van der Waals surface area contributed by atoms with Crippen LogP contribution in [0.2, 0.25) is 0 Å². The number of amides is 1. The van der Waals surface area contributed by atoms with Crippen molar-refractivity contribution in [1.82, 2.24) is 5.43 Å². The number of benzene rings is 2. The van der Waals surface area contributed by atoms with E-state index in [0.29, 0.717) is 23.7 Å². The Balaban J connectivity index is 1.57. The molecular formula is C24H24N2O4. The molecule has 30 heavy (non-hydrogen) atoms. The van der Waals surface area contributed by atoms with Gasteiger partial charge in [-0.25, -0.2) is 10.2 Å². The Morgan fingerprint density at radius 1 is 1.03 bits per heavy atom. The van der Waals surface area contributed by atoms with Gasteiger partial charge in [-0.3, -0.25) is 4.79 Å². The van der Waals surface area contributed by atoms with Gasteiger partial charge in [-0.05, 0) is 61.7 Å². The normalized spacial score (nSPS) is 10.9. The Morgan fingerprint density at radius 3 is 2.50 bits per heavy atom. The lowest BCUT2D eigenvalue weighted by Gasteiger charge is -2.04. The molecule has 0 aliphatic rings. The van der Waals surface area contributed by atoms with Crippen LogP contribution in [0.15, 0.2) is 64.1 Å². The largest absolute Gasteiger partial charge is 0.462 e. The molecular weight excluding hydrogens is 380 g/mol. The van der Waals surface area contributed by atoms with Crippen LogP contribution in [0.1, 0.15) is 39.7 Å². The van der Waals surface area contributed by atoms with Crippen LogP contribution in [-0.2, 0) is 16.0 Å². The Labute approximate surface area is 175 Å². The third-order valence-electron chi connectivity index (χ3n) is 4.62. The number of ether oxygens (including phenoxy) is 1. The van der Waals surface area contributed by atoms with Crippen molar-refractivity contribution < 1.29 is 18.7 Å². The summed E-state index contributed by atoms with van der Waals surface area (Å²) in [5.74, 6) is 0.586. The van der Waals surface area contributed by atoms with Crippen LogP contribution in [0.4, 0.5) is 0 Å². The van der Waals surface area contributed by atoms with Gasteiger partial charge in [0.05, 0.1) is 24.8 Å². The molecule has 0 radical (unpaired) electrons. The van der Waals surface area contributed by atoms with Gasteiger partial charge >= 0.3 is 5.97 Å². The van der Waals surface area contributed by atoms with Crippen LogP contribution in [0.3, 0.4) is 0 Å². The number of furan rings is 1. The molecule has 0 saturated carbocycles. The molecule has 0 aliphatic heterocycles. The predicted octanol–water partition coefficient (Wildman–Crippen LogP) is 4.43. The average molecular weight is 404 g/mol. The van der Waals surface area contributed by atoms with E-state index < -0.39 is 0 Å². The van der Waals surface area contributed by atoms with E-state index in [0.717, 1.165) is 16.7 Å². The maximum Gasteiger partial charge on any atom is 0.338 e.